The van der Waals surface area contributed by atoms with Gasteiger partial charge in [-0.3, -0.25) is 0 Å². The molecule has 0 saturated carbocycles. The molecule has 1 atom stereocenters. The third kappa shape index (κ3) is 7.07. The van der Waals surface area contributed by atoms with Gasteiger partial charge >= 0.3 is 0 Å². The predicted molar refractivity (Wildman–Crippen MR) is 198 cm³/mol. The summed E-state index contributed by atoms with van der Waals surface area (Å²) < 4.78 is 0. The van der Waals surface area contributed by atoms with E-state index >= 15 is 0 Å². The van der Waals surface area contributed by atoms with E-state index in [4.69, 9.17) is 36.3 Å². The second-order valence-corrected chi connectivity index (χ2v) is 11.4. The summed E-state index contributed by atoms with van der Waals surface area (Å²) in [4.78, 5) is 29.1. The topological polar surface area (TPSA) is 77.3 Å². The Balaban J connectivity index is 1.19. The monoisotopic (exact) mass is 632 g/mol. The number of aromatic nitrogens is 6. The first-order chi connectivity index (χ1) is 24.2. The van der Waals surface area contributed by atoms with Gasteiger partial charge in [-0.15, -0.1) is 6.42 Å². The van der Waals surface area contributed by atoms with Crippen molar-refractivity contribution in [2.24, 2.45) is 0 Å². The smallest absolute Gasteiger partial charge is 0.164 e. The zero-order valence-corrected chi connectivity index (χ0v) is 27.0. The number of rotatable bonds is 8. The molecule has 0 N–H and O–H groups in total. The number of hydrogen-bond donors (Lipinski definition) is 0. The van der Waals surface area contributed by atoms with Crippen LogP contribution in [0.1, 0.15) is 30.9 Å². The van der Waals surface area contributed by atoms with Crippen molar-refractivity contribution in [1.29, 1.82) is 0 Å². The van der Waals surface area contributed by atoms with Gasteiger partial charge < -0.3 is 0 Å². The van der Waals surface area contributed by atoms with Crippen LogP contribution in [0.2, 0.25) is 0 Å². The molecule has 1 aliphatic rings. The van der Waals surface area contributed by atoms with E-state index in [9.17, 15) is 0 Å². The Kier molecular flexibility index (Phi) is 9.16. The normalized spacial score (nSPS) is 14.2. The zero-order valence-electron chi connectivity index (χ0n) is 27.0. The molecular formula is C43H32N6. The number of allylic oxidation sites excluding steroid dienone is 8. The third-order valence-corrected chi connectivity index (χ3v) is 8.21. The first-order valence-corrected chi connectivity index (χ1v) is 16.2. The highest BCUT2D eigenvalue weighted by Gasteiger charge is 2.18. The standard InChI is InChI=1S/C43H32N6/c1-3-5-15-30(4-2)38-44-39(33-16-9-6-10-17-33)47-42(45-38)36-26-22-31(23-27-36)32-24-28-37(29-25-32)43-48-40(34-18-11-7-12-19-34)46-41(49-43)35-20-13-8-14-21-35/h1,4-16,18-29,33H,17H2,2H3/b15-5-,30-4+. The van der Waals surface area contributed by atoms with E-state index in [0.29, 0.717) is 29.1 Å². The summed E-state index contributed by atoms with van der Waals surface area (Å²) in [6.07, 6.45) is 20.2. The molecule has 0 spiro atoms. The van der Waals surface area contributed by atoms with E-state index < -0.39 is 0 Å². The molecule has 0 radical (unpaired) electrons. The van der Waals surface area contributed by atoms with Crippen LogP contribution >= 0.6 is 0 Å². The Bertz CT molecular complexity index is 2190. The molecule has 2 aromatic heterocycles. The van der Waals surface area contributed by atoms with Crippen molar-refractivity contribution in [2.75, 3.05) is 0 Å². The molecule has 49 heavy (non-hydrogen) atoms. The van der Waals surface area contributed by atoms with Crippen LogP contribution < -0.4 is 0 Å². The lowest BCUT2D eigenvalue weighted by Gasteiger charge is -2.14. The van der Waals surface area contributed by atoms with E-state index in [1.807, 2.05) is 91.9 Å². The molecule has 1 unspecified atom stereocenters. The molecule has 6 nitrogen and oxygen atoms in total. The van der Waals surface area contributed by atoms with E-state index in [1.165, 1.54) is 0 Å². The van der Waals surface area contributed by atoms with Gasteiger partial charge in [0.1, 0.15) is 5.82 Å². The summed E-state index contributed by atoms with van der Waals surface area (Å²) in [5.41, 5.74) is 6.69. The summed E-state index contributed by atoms with van der Waals surface area (Å²) in [7, 11) is 0. The van der Waals surface area contributed by atoms with Crippen LogP contribution in [-0.4, -0.2) is 29.9 Å². The lowest BCUT2D eigenvalue weighted by atomic mass is 9.99. The molecule has 6 aromatic rings. The summed E-state index contributed by atoms with van der Waals surface area (Å²) in [6.45, 7) is 1.95. The first-order valence-electron chi connectivity index (χ1n) is 16.2. The third-order valence-electron chi connectivity index (χ3n) is 8.21. The molecule has 1 aliphatic carbocycles. The summed E-state index contributed by atoms with van der Waals surface area (Å²) in [5, 5.41) is 0. The van der Waals surface area contributed by atoms with Gasteiger partial charge in [0.2, 0.25) is 0 Å². The highest BCUT2D eigenvalue weighted by molar-refractivity contribution is 5.74. The van der Waals surface area contributed by atoms with Crippen molar-refractivity contribution in [2.45, 2.75) is 19.3 Å². The second-order valence-electron chi connectivity index (χ2n) is 11.4. The molecule has 0 aliphatic heterocycles. The van der Waals surface area contributed by atoms with Crippen molar-refractivity contribution >= 4 is 5.57 Å². The molecule has 234 valence electrons. The maximum Gasteiger partial charge on any atom is 0.164 e. The van der Waals surface area contributed by atoms with Gasteiger partial charge in [-0.25, -0.2) is 29.9 Å². The van der Waals surface area contributed by atoms with Crippen LogP contribution in [0.5, 0.6) is 0 Å². The Hall–Kier alpha value is -6.58. The zero-order chi connectivity index (χ0) is 33.4. The van der Waals surface area contributed by atoms with Gasteiger partial charge in [0.05, 0.1) is 0 Å². The summed E-state index contributed by atoms with van der Waals surface area (Å²) >= 11 is 0. The summed E-state index contributed by atoms with van der Waals surface area (Å²) in [5.74, 6) is 6.49. The molecular weight excluding hydrogens is 601 g/mol. The van der Waals surface area contributed by atoms with E-state index in [2.05, 4.69) is 66.6 Å². The number of benzene rings is 4. The van der Waals surface area contributed by atoms with Gasteiger partial charge in [-0.2, -0.15) is 0 Å². The molecule has 0 fully saturated rings. The maximum atomic E-state index is 5.49. The van der Waals surface area contributed by atoms with Crippen LogP contribution in [0.4, 0.5) is 0 Å². The fourth-order valence-electron chi connectivity index (χ4n) is 5.59. The van der Waals surface area contributed by atoms with Crippen LogP contribution in [0.25, 0.3) is 62.3 Å². The number of terminal acetylenes is 1. The minimum Gasteiger partial charge on any atom is -0.212 e. The maximum absolute atomic E-state index is 5.49. The Morgan fingerprint density at radius 3 is 1.55 bits per heavy atom. The average molecular weight is 633 g/mol. The Morgan fingerprint density at radius 1 is 0.592 bits per heavy atom. The second kappa shape index (κ2) is 14.5. The summed E-state index contributed by atoms with van der Waals surface area (Å²) in [6, 6.07) is 36.6. The van der Waals surface area contributed by atoms with Crippen molar-refractivity contribution in [3.63, 3.8) is 0 Å². The van der Waals surface area contributed by atoms with Crippen molar-refractivity contribution < 1.29 is 0 Å². The lowest BCUT2D eigenvalue weighted by Crippen LogP contribution is -2.09. The fraction of sp³-hybridized carbons (Fsp3) is 0.0698. The molecule has 0 saturated heterocycles. The quantitative estimate of drug-likeness (QED) is 0.123. The van der Waals surface area contributed by atoms with E-state index in [0.717, 1.165) is 51.2 Å². The Morgan fingerprint density at radius 2 is 1.08 bits per heavy atom. The molecule has 0 amide bonds. The van der Waals surface area contributed by atoms with Crippen molar-refractivity contribution in [3.05, 3.63) is 163 Å². The van der Waals surface area contributed by atoms with Gasteiger partial charge in [0.15, 0.2) is 29.1 Å². The number of nitrogens with zero attached hydrogens (tertiary/aromatic N) is 6. The van der Waals surface area contributed by atoms with Crippen LogP contribution in [-0.2, 0) is 0 Å². The van der Waals surface area contributed by atoms with Crippen LogP contribution in [0.3, 0.4) is 0 Å². The largest absolute Gasteiger partial charge is 0.212 e. The molecule has 0 bridgehead atoms. The minimum atomic E-state index is 0.0786. The molecule has 6 heteroatoms. The van der Waals surface area contributed by atoms with Crippen LogP contribution in [0.15, 0.2) is 152 Å². The van der Waals surface area contributed by atoms with Gasteiger partial charge in [-0.1, -0.05) is 145 Å². The molecule has 7 rings (SSSR count). The SMILES string of the molecule is C#C/C=C\C(=C/C)c1nc(-c2ccc(-c3ccc(-c4nc(-c5ccccc5)nc(-c5ccccc5)n4)cc3)cc2)nc(C2C=CC=CC2)n1. The predicted octanol–water partition coefficient (Wildman–Crippen LogP) is 9.58. The van der Waals surface area contributed by atoms with E-state index in [-0.39, 0.29) is 5.92 Å². The highest BCUT2D eigenvalue weighted by Crippen LogP contribution is 2.30. The minimum absolute atomic E-state index is 0.0786. The van der Waals surface area contributed by atoms with Crippen LogP contribution in [0, 0.1) is 12.3 Å². The van der Waals surface area contributed by atoms with Gasteiger partial charge in [0.25, 0.3) is 0 Å². The first kappa shape index (κ1) is 31.0. The fourth-order valence-corrected chi connectivity index (χ4v) is 5.59. The lowest BCUT2D eigenvalue weighted by molar-refractivity contribution is 0.757. The van der Waals surface area contributed by atoms with E-state index in [1.54, 1.807) is 6.08 Å². The van der Waals surface area contributed by atoms with Crippen molar-refractivity contribution in [3.8, 4) is 69.0 Å². The average Bonchev–Trinajstić information content (AvgIpc) is 3.19. The van der Waals surface area contributed by atoms with Gasteiger partial charge in [0, 0.05) is 33.7 Å². The number of hydrogen-bond acceptors (Lipinski definition) is 6. The van der Waals surface area contributed by atoms with Crippen molar-refractivity contribution in [1.82, 2.24) is 29.9 Å². The highest BCUT2D eigenvalue weighted by atomic mass is 15.0. The van der Waals surface area contributed by atoms with Gasteiger partial charge in [-0.05, 0) is 36.6 Å². The molecule has 4 aromatic carbocycles. The molecule has 2 heterocycles. The Labute approximate surface area is 286 Å².